The van der Waals surface area contributed by atoms with Crippen molar-refractivity contribution < 1.29 is 14.6 Å². The largest absolute Gasteiger partial charge is 0.381 e. The molecule has 1 aliphatic heterocycles. The van der Waals surface area contributed by atoms with Crippen molar-refractivity contribution in [2.24, 2.45) is 0 Å². The fraction of sp³-hybridized carbons (Fsp3) is 0.500. The Kier molecular flexibility index (Phi) is 5.41. The maximum absolute atomic E-state index is 9.21. The molecule has 0 saturated carbocycles. The molecule has 102 valence electrons. The van der Waals surface area contributed by atoms with Crippen LogP contribution in [-0.4, -0.2) is 30.0 Å². The minimum Gasteiger partial charge on any atom is -0.381 e. The summed E-state index contributed by atoms with van der Waals surface area (Å²) < 4.78 is 11.5. The van der Waals surface area contributed by atoms with Gasteiger partial charge in [-0.05, 0) is 25.3 Å². The SMILES string of the molecule is CC(O)C#C[C@H]1OCCC[C@H]1OCc1ccccc1. The second-order valence-corrected chi connectivity index (χ2v) is 4.73. The van der Waals surface area contributed by atoms with E-state index >= 15 is 0 Å². The van der Waals surface area contributed by atoms with Gasteiger partial charge in [-0.2, -0.15) is 0 Å². The average Bonchev–Trinajstić information content (AvgIpc) is 2.45. The molecule has 0 amide bonds. The normalized spacial score (nSPS) is 24.3. The molecule has 3 nitrogen and oxygen atoms in total. The first-order valence-corrected chi connectivity index (χ1v) is 6.72. The summed E-state index contributed by atoms with van der Waals surface area (Å²) in [6, 6.07) is 10.1. The van der Waals surface area contributed by atoms with E-state index in [-0.39, 0.29) is 12.2 Å². The van der Waals surface area contributed by atoms with Gasteiger partial charge < -0.3 is 14.6 Å². The van der Waals surface area contributed by atoms with Gasteiger partial charge in [0.2, 0.25) is 0 Å². The Labute approximate surface area is 114 Å². The summed E-state index contributed by atoms with van der Waals surface area (Å²) in [6.45, 7) is 2.93. The Hall–Kier alpha value is -1.34. The highest BCUT2D eigenvalue weighted by Crippen LogP contribution is 2.18. The highest BCUT2D eigenvalue weighted by molar-refractivity contribution is 5.14. The monoisotopic (exact) mass is 260 g/mol. The summed E-state index contributed by atoms with van der Waals surface area (Å²) in [5.74, 6) is 5.70. The van der Waals surface area contributed by atoms with Crippen molar-refractivity contribution in [1.82, 2.24) is 0 Å². The van der Waals surface area contributed by atoms with Crippen molar-refractivity contribution >= 4 is 0 Å². The molecular formula is C16H20O3. The van der Waals surface area contributed by atoms with Gasteiger partial charge in [-0.1, -0.05) is 42.2 Å². The van der Waals surface area contributed by atoms with Crippen LogP contribution in [0.2, 0.25) is 0 Å². The zero-order chi connectivity index (χ0) is 13.5. The number of hydrogen-bond donors (Lipinski definition) is 1. The van der Waals surface area contributed by atoms with Crippen LogP contribution in [0.4, 0.5) is 0 Å². The smallest absolute Gasteiger partial charge is 0.144 e. The summed E-state index contributed by atoms with van der Waals surface area (Å²) in [7, 11) is 0. The molecule has 1 aromatic rings. The lowest BCUT2D eigenvalue weighted by molar-refractivity contribution is -0.0867. The third-order valence-electron chi connectivity index (χ3n) is 3.01. The number of rotatable bonds is 3. The number of benzene rings is 1. The predicted molar refractivity (Wildman–Crippen MR) is 73.4 cm³/mol. The van der Waals surface area contributed by atoms with E-state index < -0.39 is 6.10 Å². The van der Waals surface area contributed by atoms with Crippen molar-refractivity contribution in [2.45, 2.75) is 44.7 Å². The minimum absolute atomic E-state index is 0.0137. The third-order valence-corrected chi connectivity index (χ3v) is 3.01. The number of aliphatic hydroxyl groups excluding tert-OH is 1. The van der Waals surface area contributed by atoms with Gasteiger partial charge >= 0.3 is 0 Å². The van der Waals surface area contributed by atoms with Crippen LogP contribution in [0.15, 0.2) is 30.3 Å². The second-order valence-electron chi connectivity index (χ2n) is 4.73. The highest BCUT2D eigenvalue weighted by atomic mass is 16.5. The lowest BCUT2D eigenvalue weighted by atomic mass is 10.1. The molecule has 1 fully saturated rings. The summed E-state index contributed by atoms with van der Waals surface area (Å²) in [4.78, 5) is 0. The molecule has 1 aromatic carbocycles. The van der Waals surface area contributed by atoms with Gasteiger partial charge in [0.25, 0.3) is 0 Å². The Balaban J connectivity index is 1.91. The molecule has 0 bridgehead atoms. The summed E-state index contributed by atoms with van der Waals surface area (Å²) in [5, 5.41) is 9.21. The van der Waals surface area contributed by atoms with Crippen LogP contribution < -0.4 is 0 Å². The number of ether oxygens (including phenoxy) is 2. The van der Waals surface area contributed by atoms with Crippen LogP contribution in [0.25, 0.3) is 0 Å². The molecule has 2 rings (SSSR count). The standard InChI is InChI=1S/C16H20O3/c1-13(17)9-10-16-15(8-5-11-18-16)19-12-14-6-3-2-4-7-14/h2-4,6-7,13,15-17H,5,8,11-12H2,1H3/t13?,15-,16-/m1/s1. The summed E-state index contributed by atoms with van der Waals surface area (Å²) in [5.41, 5.74) is 1.15. The van der Waals surface area contributed by atoms with Crippen LogP contribution in [0, 0.1) is 11.8 Å². The predicted octanol–water partition coefficient (Wildman–Crippen LogP) is 2.13. The van der Waals surface area contributed by atoms with E-state index in [1.807, 2.05) is 30.3 Å². The first-order chi connectivity index (χ1) is 9.25. The van der Waals surface area contributed by atoms with E-state index in [0.717, 1.165) is 18.4 Å². The van der Waals surface area contributed by atoms with Gasteiger partial charge in [0, 0.05) is 6.61 Å². The first kappa shape index (κ1) is 14.1. The van der Waals surface area contributed by atoms with E-state index in [2.05, 4.69) is 11.8 Å². The maximum atomic E-state index is 9.21. The van der Waals surface area contributed by atoms with Gasteiger partial charge in [0.05, 0.1) is 12.7 Å². The van der Waals surface area contributed by atoms with Crippen molar-refractivity contribution in [3.63, 3.8) is 0 Å². The molecule has 0 radical (unpaired) electrons. The Morgan fingerprint density at radius 2 is 2.21 bits per heavy atom. The molecule has 1 saturated heterocycles. The molecule has 0 aromatic heterocycles. The van der Waals surface area contributed by atoms with E-state index in [4.69, 9.17) is 9.47 Å². The molecule has 1 heterocycles. The molecule has 3 heteroatoms. The Morgan fingerprint density at radius 1 is 1.42 bits per heavy atom. The van der Waals surface area contributed by atoms with Crippen molar-refractivity contribution in [2.75, 3.05) is 6.61 Å². The van der Waals surface area contributed by atoms with Crippen LogP contribution in [-0.2, 0) is 16.1 Å². The molecule has 1 N–H and O–H groups in total. The fourth-order valence-corrected chi connectivity index (χ4v) is 2.04. The van der Waals surface area contributed by atoms with Gasteiger partial charge in [-0.15, -0.1) is 0 Å². The summed E-state index contributed by atoms with van der Waals surface area (Å²) >= 11 is 0. The molecule has 1 aliphatic rings. The van der Waals surface area contributed by atoms with E-state index in [0.29, 0.717) is 13.2 Å². The Morgan fingerprint density at radius 3 is 2.95 bits per heavy atom. The van der Waals surface area contributed by atoms with Crippen LogP contribution in [0.5, 0.6) is 0 Å². The third kappa shape index (κ3) is 4.68. The summed E-state index contributed by atoms with van der Waals surface area (Å²) in [6.07, 6.45) is 1.07. The van der Waals surface area contributed by atoms with Crippen molar-refractivity contribution in [3.8, 4) is 11.8 Å². The highest BCUT2D eigenvalue weighted by Gasteiger charge is 2.25. The first-order valence-electron chi connectivity index (χ1n) is 6.72. The fourth-order valence-electron chi connectivity index (χ4n) is 2.04. The lowest BCUT2D eigenvalue weighted by Gasteiger charge is -2.28. The van der Waals surface area contributed by atoms with Gasteiger partial charge in [-0.25, -0.2) is 0 Å². The van der Waals surface area contributed by atoms with Gasteiger partial charge in [-0.3, -0.25) is 0 Å². The second kappa shape index (κ2) is 7.30. The molecule has 19 heavy (non-hydrogen) atoms. The van der Waals surface area contributed by atoms with Gasteiger partial charge in [0.15, 0.2) is 0 Å². The van der Waals surface area contributed by atoms with Crippen molar-refractivity contribution in [3.05, 3.63) is 35.9 Å². The van der Waals surface area contributed by atoms with E-state index in [1.54, 1.807) is 6.92 Å². The number of hydrogen-bond acceptors (Lipinski definition) is 3. The maximum Gasteiger partial charge on any atom is 0.144 e. The quantitative estimate of drug-likeness (QED) is 0.846. The molecule has 0 spiro atoms. The topological polar surface area (TPSA) is 38.7 Å². The molecule has 1 unspecified atom stereocenters. The van der Waals surface area contributed by atoms with Crippen LogP contribution >= 0.6 is 0 Å². The van der Waals surface area contributed by atoms with Crippen LogP contribution in [0.3, 0.4) is 0 Å². The molecule has 0 aliphatic carbocycles. The van der Waals surface area contributed by atoms with E-state index in [9.17, 15) is 5.11 Å². The lowest BCUT2D eigenvalue weighted by Crippen LogP contribution is -2.35. The van der Waals surface area contributed by atoms with Gasteiger partial charge in [0.1, 0.15) is 12.2 Å². The minimum atomic E-state index is -0.625. The number of aliphatic hydroxyl groups is 1. The molecule has 3 atom stereocenters. The molecular weight excluding hydrogens is 240 g/mol. The van der Waals surface area contributed by atoms with Crippen molar-refractivity contribution in [1.29, 1.82) is 0 Å². The zero-order valence-corrected chi connectivity index (χ0v) is 11.2. The van der Waals surface area contributed by atoms with E-state index in [1.165, 1.54) is 0 Å². The van der Waals surface area contributed by atoms with Crippen LogP contribution in [0.1, 0.15) is 25.3 Å². The average molecular weight is 260 g/mol. The zero-order valence-electron chi connectivity index (χ0n) is 11.2. The Bertz CT molecular complexity index is 430.